The van der Waals surface area contributed by atoms with Gasteiger partial charge >= 0.3 is 13.8 Å². The number of hydrogen-bond acceptors (Lipinski definition) is 10. The molecule has 3 aromatic carbocycles. The van der Waals surface area contributed by atoms with Crippen molar-refractivity contribution in [2.24, 2.45) is 10.8 Å². The van der Waals surface area contributed by atoms with Crippen LogP contribution in [0.3, 0.4) is 0 Å². The zero-order valence-corrected chi connectivity index (χ0v) is 33.1. The van der Waals surface area contributed by atoms with Gasteiger partial charge in [-0.05, 0) is 40.7 Å². The highest BCUT2D eigenvalue weighted by Gasteiger charge is 2.58. The molecule has 12 nitrogen and oxygen atoms in total. The quantitative estimate of drug-likeness (QED) is 0.0666. The van der Waals surface area contributed by atoms with Gasteiger partial charge in [0.25, 0.3) is 0 Å². The van der Waals surface area contributed by atoms with E-state index in [0.717, 1.165) is 17.7 Å². The van der Waals surface area contributed by atoms with Crippen LogP contribution in [0.2, 0.25) is 0 Å². The van der Waals surface area contributed by atoms with Crippen molar-refractivity contribution < 1.29 is 41.9 Å². The number of aromatic nitrogens is 4. The maximum absolute atomic E-state index is 16.0. The lowest BCUT2D eigenvalue weighted by atomic mass is 9.59. The zero-order chi connectivity index (χ0) is 40.4. The van der Waals surface area contributed by atoms with E-state index in [1.165, 1.54) is 40.8 Å². The van der Waals surface area contributed by atoms with Crippen molar-refractivity contribution in [3.8, 4) is 17.3 Å². The maximum Gasteiger partial charge on any atom is 0.470 e. The fraction of sp³-hybridized carbons (Fsp3) is 0.359. The molecule has 2 aromatic heterocycles. The summed E-state index contributed by atoms with van der Waals surface area (Å²) in [6.45, 7) is 11.3. The minimum absolute atomic E-state index is 0.0423. The van der Waals surface area contributed by atoms with Crippen molar-refractivity contribution >= 4 is 25.1 Å². The van der Waals surface area contributed by atoms with Crippen molar-refractivity contribution in [3.05, 3.63) is 124 Å². The summed E-state index contributed by atoms with van der Waals surface area (Å²) in [6, 6.07) is 18.2. The molecule has 0 saturated carbocycles. The van der Waals surface area contributed by atoms with Crippen molar-refractivity contribution in [2.75, 3.05) is 6.79 Å². The maximum atomic E-state index is 16.0. The Bertz CT molecular complexity index is 2210. The van der Waals surface area contributed by atoms with E-state index in [0.29, 0.717) is 16.3 Å². The largest absolute Gasteiger partial charge is 0.470 e. The molecule has 0 spiro atoms. The number of hydrogen-bond donors (Lipinski definition) is 2. The predicted molar refractivity (Wildman–Crippen MR) is 200 cm³/mol. The molecule has 0 bridgehead atoms. The normalized spacial score (nSPS) is 14.2. The topological polar surface area (TPSA) is 170 Å². The number of phosphoric acid groups is 1. The summed E-state index contributed by atoms with van der Waals surface area (Å²) in [5, 5.41) is 15.8. The molecule has 5 rings (SSSR count). The Morgan fingerprint density at radius 1 is 1.00 bits per heavy atom. The number of thiazole rings is 1. The van der Waals surface area contributed by atoms with Crippen LogP contribution in [0.15, 0.2) is 84.8 Å². The van der Waals surface area contributed by atoms with Gasteiger partial charge in [-0.1, -0.05) is 84.9 Å². The Morgan fingerprint density at radius 3 is 2.25 bits per heavy atom. The summed E-state index contributed by atoms with van der Waals surface area (Å²) in [5.74, 6) is -3.45. The summed E-state index contributed by atoms with van der Waals surface area (Å²) in [7, 11) is -5.14. The molecule has 0 aliphatic heterocycles. The van der Waals surface area contributed by atoms with Crippen LogP contribution < -0.4 is 0 Å². The molecule has 2 heterocycles. The summed E-state index contributed by atoms with van der Waals surface area (Å²) >= 11 is 1.27. The summed E-state index contributed by atoms with van der Waals surface area (Å²) in [4.78, 5) is 43.3. The molecule has 55 heavy (non-hydrogen) atoms. The number of ether oxygens (including phenoxy) is 2. The molecule has 290 valence electrons. The number of carbonyl (C=O) groups excluding carboxylic acids is 1. The first-order valence-corrected chi connectivity index (χ1v) is 19.5. The fourth-order valence-corrected chi connectivity index (χ4v) is 9.26. The SMILES string of the molecule is C[C@@H](c1nc(-c2ccc(C#N)cc2)cs1)[C@@](Cn1cncn1)(OCOC(=O)c1ccccc1C(OP(=O)(O)O)(C(C)(C)C)C(C)(C)C)c1ccc(F)cc1F. The molecule has 0 unspecified atom stereocenters. The number of nitriles is 1. The lowest BCUT2D eigenvalue weighted by Crippen LogP contribution is -2.52. The second-order valence-electron chi connectivity index (χ2n) is 15.1. The predicted octanol–water partition coefficient (Wildman–Crippen LogP) is 8.48. The van der Waals surface area contributed by atoms with E-state index in [-0.39, 0.29) is 23.2 Å². The van der Waals surface area contributed by atoms with Crippen LogP contribution in [0.25, 0.3) is 11.3 Å². The van der Waals surface area contributed by atoms with Gasteiger partial charge in [0.2, 0.25) is 0 Å². The molecule has 16 heteroatoms. The lowest BCUT2D eigenvalue weighted by molar-refractivity contribution is -0.149. The standard InChI is InChI=1S/C39H42F2N5O7PS/c1-25(34-45-33(20-55-34)27-14-12-26(19-42)13-15-27)38(21-46-23-43-22-44-46,31-17-16-28(40)18-32(31)41)52-24-51-35(47)29-10-8-9-11-30(29)39(36(2,3)4,37(5,6)7)53-54(48,49)50/h8-18,20,22-23,25H,21,24H2,1-7H3,(H2,48,49,50)/t25-,38+/m0/s1. The fourth-order valence-electron chi connectivity index (χ4n) is 7.29. The Morgan fingerprint density at radius 2 is 1.67 bits per heavy atom. The monoisotopic (exact) mass is 793 g/mol. The van der Waals surface area contributed by atoms with Gasteiger partial charge < -0.3 is 19.3 Å². The minimum Gasteiger partial charge on any atom is -0.435 e. The van der Waals surface area contributed by atoms with Gasteiger partial charge in [-0.15, -0.1) is 11.3 Å². The molecule has 0 fully saturated rings. The third-order valence-electron chi connectivity index (χ3n) is 9.55. The highest BCUT2D eigenvalue weighted by molar-refractivity contribution is 7.46. The molecular weight excluding hydrogens is 751 g/mol. The van der Waals surface area contributed by atoms with E-state index >= 15 is 4.39 Å². The van der Waals surface area contributed by atoms with Gasteiger partial charge in [0.1, 0.15) is 35.5 Å². The molecule has 0 aliphatic carbocycles. The van der Waals surface area contributed by atoms with Crippen LogP contribution >= 0.6 is 19.2 Å². The van der Waals surface area contributed by atoms with E-state index in [2.05, 4.69) is 16.2 Å². The van der Waals surface area contributed by atoms with Gasteiger partial charge in [0.05, 0.1) is 34.4 Å². The zero-order valence-electron chi connectivity index (χ0n) is 31.4. The molecule has 0 radical (unpaired) electrons. The van der Waals surface area contributed by atoms with E-state index in [4.69, 9.17) is 19.0 Å². The number of halogens is 2. The van der Waals surface area contributed by atoms with Crippen LogP contribution in [-0.4, -0.2) is 42.3 Å². The summed E-state index contributed by atoms with van der Waals surface area (Å²) in [5.41, 5.74) is -3.56. The first kappa shape index (κ1) is 41.5. The second kappa shape index (κ2) is 15.8. The smallest absolute Gasteiger partial charge is 0.435 e. The first-order valence-electron chi connectivity index (χ1n) is 17.1. The van der Waals surface area contributed by atoms with E-state index in [9.17, 15) is 28.8 Å². The van der Waals surface area contributed by atoms with Gasteiger partial charge in [-0.25, -0.2) is 32.8 Å². The number of carbonyl (C=O) groups is 1. The van der Waals surface area contributed by atoms with Crippen LogP contribution in [0.5, 0.6) is 0 Å². The minimum atomic E-state index is -5.14. The van der Waals surface area contributed by atoms with Gasteiger partial charge in [-0.3, -0.25) is 4.52 Å². The third kappa shape index (κ3) is 8.60. The van der Waals surface area contributed by atoms with Crippen molar-refractivity contribution in [1.29, 1.82) is 5.26 Å². The summed E-state index contributed by atoms with van der Waals surface area (Å²) < 4.78 is 62.2. The van der Waals surface area contributed by atoms with Crippen LogP contribution in [0.1, 0.15) is 86.4 Å². The number of phosphoric ester groups is 1. The van der Waals surface area contributed by atoms with Crippen LogP contribution in [0, 0.1) is 33.8 Å². The van der Waals surface area contributed by atoms with Crippen molar-refractivity contribution in [2.45, 2.75) is 72.1 Å². The van der Waals surface area contributed by atoms with E-state index in [1.807, 2.05) is 5.38 Å². The Hall–Kier alpha value is -4.68. The number of esters is 1. The number of rotatable bonds is 13. The van der Waals surface area contributed by atoms with Crippen LogP contribution in [-0.2, 0) is 36.3 Å². The Labute approximate surface area is 322 Å². The molecule has 5 aromatic rings. The van der Waals surface area contributed by atoms with Crippen molar-refractivity contribution in [1.82, 2.24) is 19.7 Å². The van der Waals surface area contributed by atoms with E-state index in [1.54, 1.807) is 90.9 Å². The molecule has 2 N–H and O–H groups in total. The van der Waals surface area contributed by atoms with Gasteiger partial charge in [0.15, 0.2) is 6.79 Å². The molecule has 0 aliphatic rings. The highest BCUT2D eigenvalue weighted by Crippen LogP contribution is 2.61. The third-order valence-corrected chi connectivity index (χ3v) is 11.1. The molecule has 0 amide bonds. The number of nitrogens with zero attached hydrogens (tertiary/aromatic N) is 5. The number of benzene rings is 3. The van der Waals surface area contributed by atoms with Crippen molar-refractivity contribution in [3.63, 3.8) is 0 Å². The van der Waals surface area contributed by atoms with E-state index < -0.39 is 60.2 Å². The average Bonchev–Trinajstić information content (AvgIpc) is 3.81. The van der Waals surface area contributed by atoms with Gasteiger partial charge in [0, 0.05) is 28.5 Å². The molecule has 0 saturated heterocycles. The summed E-state index contributed by atoms with van der Waals surface area (Å²) in [6.07, 6.45) is 2.69. The van der Waals surface area contributed by atoms with Crippen LogP contribution in [0.4, 0.5) is 8.78 Å². The molecule has 2 atom stereocenters. The Kier molecular flexibility index (Phi) is 11.9. The Balaban J connectivity index is 1.58. The second-order valence-corrected chi connectivity index (χ2v) is 17.1. The highest BCUT2D eigenvalue weighted by atomic mass is 32.1. The van der Waals surface area contributed by atoms with Gasteiger partial charge in [-0.2, -0.15) is 10.4 Å². The lowest BCUT2D eigenvalue weighted by Gasteiger charge is -2.53. The average molecular weight is 794 g/mol. The first-order chi connectivity index (χ1) is 25.7. The molecular formula is C39H42F2N5O7PS.